The molecule has 0 radical (unpaired) electrons. The molecule has 102 valence electrons. The van der Waals surface area contributed by atoms with Crippen molar-refractivity contribution in [1.29, 1.82) is 0 Å². The number of likely N-dealkylation sites (tertiary alicyclic amines) is 1. The summed E-state index contributed by atoms with van der Waals surface area (Å²) in [6.07, 6.45) is 1.02. The molecular weight excluding hydrogens is 236 g/mol. The third-order valence-corrected chi connectivity index (χ3v) is 3.86. The van der Waals surface area contributed by atoms with Gasteiger partial charge in [0, 0.05) is 20.1 Å². The van der Waals surface area contributed by atoms with Crippen molar-refractivity contribution < 1.29 is 19.4 Å². The molecule has 18 heavy (non-hydrogen) atoms. The van der Waals surface area contributed by atoms with Crippen LogP contribution in [0.5, 0.6) is 0 Å². The lowest BCUT2D eigenvalue weighted by Gasteiger charge is -2.30. The first-order chi connectivity index (χ1) is 8.50. The molecule has 0 spiro atoms. The molecule has 2 aliphatic rings. The van der Waals surface area contributed by atoms with Crippen molar-refractivity contribution in [3.63, 3.8) is 0 Å². The number of carbonyl (C=O) groups is 2. The van der Waals surface area contributed by atoms with Crippen LogP contribution in [0, 0.1) is 11.8 Å². The van der Waals surface area contributed by atoms with E-state index in [1.807, 2.05) is 0 Å². The first-order valence-corrected chi connectivity index (χ1v) is 6.33. The standard InChI is InChI=1S/C12H20N2O4/c1-8-3-4-14(5-8)12(17)13(2)10-7-18-6-9(10)11(15)16/h8-10H,3-7H2,1-2H3,(H,15,16). The van der Waals surface area contributed by atoms with E-state index >= 15 is 0 Å². The zero-order chi connectivity index (χ0) is 13.3. The van der Waals surface area contributed by atoms with Gasteiger partial charge in [0.05, 0.1) is 19.3 Å². The minimum absolute atomic E-state index is 0.0823. The zero-order valence-electron chi connectivity index (χ0n) is 10.8. The lowest BCUT2D eigenvalue weighted by molar-refractivity contribution is -0.142. The second kappa shape index (κ2) is 5.14. The Balaban J connectivity index is 2.00. The maximum Gasteiger partial charge on any atom is 0.320 e. The number of hydrogen-bond acceptors (Lipinski definition) is 3. The van der Waals surface area contributed by atoms with Crippen LogP contribution in [-0.4, -0.2) is 66.3 Å². The Morgan fingerprint density at radius 3 is 2.67 bits per heavy atom. The highest BCUT2D eigenvalue weighted by Gasteiger charge is 2.40. The smallest absolute Gasteiger partial charge is 0.320 e. The third kappa shape index (κ3) is 2.43. The van der Waals surface area contributed by atoms with Crippen LogP contribution in [0.1, 0.15) is 13.3 Å². The monoisotopic (exact) mass is 256 g/mol. The van der Waals surface area contributed by atoms with E-state index in [1.165, 1.54) is 4.90 Å². The van der Waals surface area contributed by atoms with Gasteiger partial charge in [0.25, 0.3) is 0 Å². The second-order valence-corrected chi connectivity index (χ2v) is 5.28. The van der Waals surface area contributed by atoms with Gasteiger partial charge in [0.15, 0.2) is 0 Å². The maximum absolute atomic E-state index is 12.2. The molecule has 2 amide bonds. The molecular formula is C12H20N2O4. The molecule has 0 aromatic rings. The number of urea groups is 1. The lowest BCUT2D eigenvalue weighted by atomic mass is 10.0. The van der Waals surface area contributed by atoms with Crippen molar-refractivity contribution in [2.24, 2.45) is 11.8 Å². The summed E-state index contributed by atoms with van der Waals surface area (Å²) in [6.45, 7) is 4.13. The minimum Gasteiger partial charge on any atom is -0.481 e. The average Bonchev–Trinajstić information content (AvgIpc) is 2.95. The molecule has 1 N–H and O–H groups in total. The molecule has 6 nitrogen and oxygen atoms in total. The number of aliphatic carboxylic acids is 1. The predicted molar refractivity (Wildman–Crippen MR) is 64.2 cm³/mol. The molecule has 2 rings (SSSR count). The Labute approximate surface area is 106 Å². The zero-order valence-corrected chi connectivity index (χ0v) is 10.8. The van der Waals surface area contributed by atoms with Crippen LogP contribution in [0.4, 0.5) is 4.79 Å². The molecule has 0 aromatic carbocycles. The van der Waals surface area contributed by atoms with Gasteiger partial charge in [-0.15, -0.1) is 0 Å². The largest absolute Gasteiger partial charge is 0.481 e. The van der Waals surface area contributed by atoms with E-state index < -0.39 is 11.9 Å². The fraction of sp³-hybridized carbons (Fsp3) is 0.833. The number of rotatable bonds is 2. The van der Waals surface area contributed by atoms with Crippen molar-refractivity contribution in [3.8, 4) is 0 Å². The summed E-state index contributed by atoms with van der Waals surface area (Å²) in [5, 5.41) is 9.09. The van der Waals surface area contributed by atoms with E-state index in [2.05, 4.69) is 6.92 Å². The van der Waals surface area contributed by atoms with Gasteiger partial charge in [-0.2, -0.15) is 0 Å². The number of nitrogens with zero attached hydrogens (tertiary/aromatic N) is 2. The normalized spacial score (nSPS) is 31.7. The van der Waals surface area contributed by atoms with E-state index in [-0.39, 0.29) is 18.7 Å². The van der Waals surface area contributed by atoms with Gasteiger partial charge in [0.1, 0.15) is 5.92 Å². The number of carboxylic acids is 1. The Hall–Kier alpha value is -1.30. The molecule has 0 aliphatic carbocycles. The summed E-state index contributed by atoms with van der Waals surface area (Å²) in [5.41, 5.74) is 0. The SMILES string of the molecule is CC1CCN(C(=O)N(C)C2COCC2C(=O)O)C1. The van der Waals surface area contributed by atoms with Crippen molar-refractivity contribution in [1.82, 2.24) is 9.80 Å². The van der Waals surface area contributed by atoms with Gasteiger partial charge in [-0.25, -0.2) is 4.79 Å². The van der Waals surface area contributed by atoms with Gasteiger partial charge < -0.3 is 19.6 Å². The molecule has 0 saturated carbocycles. The van der Waals surface area contributed by atoms with Crippen LogP contribution in [0.25, 0.3) is 0 Å². The van der Waals surface area contributed by atoms with Crippen LogP contribution >= 0.6 is 0 Å². The summed E-state index contributed by atoms with van der Waals surface area (Å²) in [5.74, 6) is -0.983. The van der Waals surface area contributed by atoms with Crippen LogP contribution in [0.15, 0.2) is 0 Å². The molecule has 0 aromatic heterocycles. The van der Waals surface area contributed by atoms with E-state index in [1.54, 1.807) is 11.9 Å². The quantitative estimate of drug-likeness (QED) is 0.780. The van der Waals surface area contributed by atoms with Crippen molar-refractivity contribution in [2.45, 2.75) is 19.4 Å². The van der Waals surface area contributed by atoms with Crippen LogP contribution in [-0.2, 0) is 9.53 Å². The number of hydrogen-bond donors (Lipinski definition) is 1. The summed E-state index contributed by atoms with van der Waals surface area (Å²) in [6, 6.07) is -0.438. The molecule has 6 heteroatoms. The van der Waals surface area contributed by atoms with Crippen molar-refractivity contribution in [3.05, 3.63) is 0 Å². The first kappa shape index (κ1) is 13.1. The molecule has 3 atom stereocenters. The number of ether oxygens (including phenoxy) is 1. The van der Waals surface area contributed by atoms with Gasteiger partial charge in [-0.05, 0) is 12.3 Å². The number of amides is 2. The van der Waals surface area contributed by atoms with Gasteiger partial charge in [-0.1, -0.05) is 6.92 Å². The van der Waals surface area contributed by atoms with Crippen LogP contribution < -0.4 is 0 Å². The van der Waals surface area contributed by atoms with Gasteiger partial charge in [-0.3, -0.25) is 4.79 Å². The number of likely N-dealkylation sites (N-methyl/N-ethyl adjacent to an activating group) is 1. The highest BCUT2D eigenvalue weighted by molar-refractivity contribution is 5.77. The number of carboxylic acid groups (broad SMARTS) is 1. The van der Waals surface area contributed by atoms with E-state index in [0.29, 0.717) is 12.5 Å². The molecule has 2 saturated heterocycles. The molecule has 2 aliphatic heterocycles. The summed E-state index contributed by atoms with van der Waals surface area (Å²) < 4.78 is 5.19. The molecule has 2 fully saturated rings. The molecule has 3 unspecified atom stereocenters. The fourth-order valence-electron chi connectivity index (χ4n) is 2.63. The Morgan fingerprint density at radius 1 is 1.39 bits per heavy atom. The second-order valence-electron chi connectivity index (χ2n) is 5.28. The Kier molecular flexibility index (Phi) is 3.75. The Bertz CT molecular complexity index is 347. The molecule has 2 heterocycles. The van der Waals surface area contributed by atoms with Crippen LogP contribution in [0.3, 0.4) is 0 Å². The summed E-state index contributed by atoms with van der Waals surface area (Å²) in [7, 11) is 1.67. The van der Waals surface area contributed by atoms with Crippen LogP contribution in [0.2, 0.25) is 0 Å². The van der Waals surface area contributed by atoms with Crippen molar-refractivity contribution >= 4 is 12.0 Å². The predicted octanol–water partition coefficient (Wildman–Crippen LogP) is 0.480. The van der Waals surface area contributed by atoms with Gasteiger partial charge in [0.2, 0.25) is 0 Å². The first-order valence-electron chi connectivity index (χ1n) is 6.33. The fourth-order valence-corrected chi connectivity index (χ4v) is 2.63. The number of carbonyl (C=O) groups excluding carboxylic acids is 1. The van der Waals surface area contributed by atoms with E-state index in [9.17, 15) is 9.59 Å². The molecule has 0 bridgehead atoms. The summed E-state index contributed by atoms with van der Waals surface area (Å²) >= 11 is 0. The topological polar surface area (TPSA) is 70.1 Å². The minimum atomic E-state index is -0.896. The van der Waals surface area contributed by atoms with E-state index in [4.69, 9.17) is 9.84 Å². The maximum atomic E-state index is 12.2. The lowest BCUT2D eigenvalue weighted by Crippen LogP contribution is -2.49. The van der Waals surface area contributed by atoms with E-state index in [0.717, 1.165) is 19.5 Å². The van der Waals surface area contributed by atoms with Gasteiger partial charge >= 0.3 is 12.0 Å². The third-order valence-electron chi connectivity index (χ3n) is 3.86. The summed E-state index contributed by atoms with van der Waals surface area (Å²) in [4.78, 5) is 26.7. The highest BCUT2D eigenvalue weighted by Crippen LogP contribution is 2.22. The average molecular weight is 256 g/mol. The van der Waals surface area contributed by atoms with Crippen molar-refractivity contribution in [2.75, 3.05) is 33.4 Å². The highest BCUT2D eigenvalue weighted by atomic mass is 16.5. The Morgan fingerprint density at radius 2 is 2.11 bits per heavy atom.